The van der Waals surface area contributed by atoms with E-state index in [1.807, 2.05) is 18.2 Å². The maximum Gasteiger partial charge on any atom is 0.230 e. The summed E-state index contributed by atoms with van der Waals surface area (Å²) >= 11 is 0. The third-order valence-corrected chi connectivity index (χ3v) is 6.24. The molecule has 0 radical (unpaired) electrons. The lowest BCUT2D eigenvalue weighted by Gasteiger charge is -2.31. The molecule has 4 rings (SSSR count). The molecule has 2 heterocycles. The van der Waals surface area contributed by atoms with Crippen molar-refractivity contribution in [2.75, 3.05) is 32.9 Å². The maximum absolute atomic E-state index is 13.0. The number of aliphatic hydroxyl groups is 1. The normalized spacial score (nSPS) is 29.5. The molecule has 1 saturated carbocycles. The van der Waals surface area contributed by atoms with E-state index in [4.69, 9.17) is 4.74 Å². The van der Waals surface area contributed by atoms with Crippen molar-refractivity contribution in [1.82, 2.24) is 10.2 Å². The van der Waals surface area contributed by atoms with Gasteiger partial charge in [0.1, 0.15) is 0 Å². The summed E-state index contributed by atoms with van der Waals surface area (Å²) in [5.74, 6) is 0.259. The number of ether oxygens (including phenoxy) is 1. The van der Waals surface area contributed by atoms with E-state index < -0.39 is 0 Å². The standard InChI is InChI=1S/C20H28N2O3/c23-14-15-12-22(17-6-10-25-11-7-17)13-18(15)21-19(24)20(8-9-20)16-4-2-1-3-5-16/h1-5,15,17-18,23H,6-14H2,(H,21,24)/t15-,18+/m0/s1. The van der Waals surface area contributed by atoms with Crippen molar-refractivity contribution in [3.05, 3.63) is 35.9 Å². The molecule has 3 fully saturated rings. The average molecular weight is 344 g/mol. The van der Waals surface area contributed by atoms with Crippen LogP contribution in [0.4, 0.5) is 0 Å². The molecule has 25 heavy (non-hydrogen) atoms. The van der Waals surface area contributed by atoms with Crippen LogP contribution in [-0.4, -0.2) is 60.9 Å². The molecule has 1 aromatic carbocycles. The topological polar surface area (TPSA) is 61.8 Å². The molecule has 0 spiro atoms. The number of benzene rings is 1. The van der Waals surface area contributed by atoms with Gasteiger partial charge in [-0.25, -0.2) is 0 Å². The van der Waals surface area contributed by atoms with Gasteiger partial charge in [0.25, 0.3) is 0 Å². The molecule has 2 saturated heterocycles. The number of hydrogen-bond donors (Lipinski definition) is 2. The van der Waals surface area contributed by atoms with Gasteiger partial charge >= 0.3 is 0 Å². The predicted molar refractivity (Wildman–Crippen MR) is 95.3 cm³/mol. The molecular weight excluding hydrogens is 316 g/mol. The molecule has 5 nitrogen and oxygen atoms in total. The number of hydrogen-bond acceptors (Lipinski definition) is 4. The van der Waals surface area contributed by atoms with E-state index >= 15 is 0 Å². The van der Waals surface area contributed by atoms with Crippen molar-refractivity contribution in [2.45, 2.75) is 43.2 Å². The van der Waals surface area contributed by atoms with Crippen LogP contribution >= 0.6 is 0 Å². The summed E-state index contributed by atoms with van der Waals surface area (Å²) in [6.45, 7) is 3.47. The quantitative estimate of drug-likeness (QED) is 0.845. The molecule has 136 valence electrons. The first-order valence-corrected chi connectivity index (χ1v) is 9.52. The van der Waals surface area contributed by atoms with E-state index in [2.05, 4.69) is 22.3 Å². The number of carbonyl (C=O) groups excluding carboxylic acids is 1. The molecule has 2 atom stereocenters. The number of nitrogens with zero attached hydrogens (tertiary/aromatic N) is 1. The van der Waals surface area contributed by atoms with Crippen molar-refractivity contribution in [3.8, 4) is 0 Å². The molecular formula is C20H28N2O3. The Bertz CT molecular complexity index is 596. The van der Waals surface area contributed by atoms with Crippen LogP contribution in [0.15, 0.2) is 30.3 Å². The Hall–Kier alpha value is -1.43. The number of nitrogens with one attached hydrogen (secondary N) is 1. The first-order valence-electron chi connectivity index (χ1n) is 9.52. The lowest BCUT2D eigenvalue weighted by atomic mass is 9.94. The van der Waals surface area contributed by atoms with Gasteiger partial charge in [-0.2, -0.15) is 0 Å². The highest BCUT2D eigenvalue weighted by atomic mass is 16.5. The van der Waals surface area contributed by atoms with Crippen LogP contribution in [-0.2, 0) is 14.9 Å². The zero-order valence-corrected chi connectivity index (χ0v) is 14.7. The molecule has 5 heteroatoms. The summed E-state index contributed by atoms with van der Waals surface area (Å²) in [4.78, 5) is 15.4. The number of likely N-dealkylation sites (tertiary alicyclic amines) is 1. The second kappa shape index (κ2) is 7.06. The van der Waals surface area contributed by atoms with Crippen molar-refractivity contribution in [3.63, 3.8) is 0 Å². The Morgan fingerprint density at radius 1 is 1.20 bits per heavy atom. The van der Waals surface area contributed by atoms with Crippen LogP contribution in [0, 0.1) is 5.92 Å². The van der Waals surface area contributed by atoms with Crippen LogP contribution < -0.4 is 5.32 Å². The zero-order valence-electron chi connectivity index (χ0n) is 14.7. The first-order chi connectivity index (χ1) is 12.2. The van der Waals surface area contributed by atoms with Crippen LogP contribution in [0.25, 0.3) is 0 Å². The van der Waals surface area contributed by atoms with E-state index in [9.17, 15) is 9.90 Å². The molecule has 0 bridgehead atoms. The van der Waals surface area contributed by atoms with Crippen LogP contribution in [0.5, 0.6) is 0 Å². The molecule has 0 aromatic heterocycles. The summed E-state index contributed by atoms with van der Waals surface area (Å²) in [6, 6.07) is 10.7. The SMILES string of the molecule is O=C(N[C@@H]1CN(C2CCOCC2)C[C@H]1CO)C1(c2ccccc2)CC1. The summed E-state index contributed by atoms with van der Waals surface area (Å²) in [6.07, 6.45) is 3.94. The molecule has 1 aliphatic carbocycles. The van der Waals surface area contributed by atoms with Crippen molar-refractivity contribution in [2.24, 2.45) is 5.92 Å². The highest BCUT2D eigenvalue weighted by Crippen LogP contribution is 2.48. The van der Waals surface area contributed by atoms with E-state index in [1.165, 1.54) is 0 Å². The molecule has 1 amide bonds. The molecule has 2 aliphatic heterocycles. The minimum Gasteiger partial charge on any atom is -0.396 e. The molecule has 1 aromatic rings. The summed E-state index contributed by atoms with van der Waals surface area (Å²) in [7, 11) is 0. The second-order valence-corrected chi connectivity index (χ2v) is 7.77. The zero-order chi connectivity index (χ0) is 17.3. The highest BCUT2D eigenvalue weighted by Gasteiger charge is 2.52. The van der Waals surface area contributed by atoms with Gasteiger partial charge in [-0.1, -0.05) is 30.3 Å². The van der Waals surface area contributed by atoms with Crippen LogP contribution in [0.1, 0.15) is 31.2 Å². The average Bonchev–Trinajstić information content (AvgIpc) is 3.39. The Kier molecular flexibility index (Phi) is 4.80. The highest BCUT2D eigenvalue weighted by molar-refractivity contribution is 5.91. The van der Waals surface area contributed by atoms with Gasteiger partial charge in [-0.3, -0.25) is 9.69 Å². The third-order valence-electron chi connectivity index (χ3n) is 6.24. The Morgan fingerprint density at radius 3 is 2.56 bits per heavy atom. The smallest absolute Gasteiger partial charge is 0.230 e. The largest absolute Gasteiger partial charge is 0.396 e. The summed E-state index contributed by atoms with van der Waals surface area (Å²) < 4.78 is 5.46. The van der Waals surface area contributed by atoms with E-state index in [1.54, 1.807) is 0 Å². The molecule has 2 N–H and O–H groups in total. The number of amides is 1. The predicted octanol–water partition coefficient (Wildman–Crippen LogP) is 1.31. The maximum atomic E-state index is 13.0. The molecule has 0 unspecified atom stereocenters. The fraction of sp³-hybridized carbons (Fsp3) is 0.650. The number of carbonyl (C=O) groups is 1. The number of aliphatic hydroxyl groups excluding tert-OH is 1. The molecule has 3 aliphatic rings. The fourth-order valence-electron chi connectivity index (χ4n) is 4.44. The van der Waals surface area contributed by atoms with Gasteiger partial charge in [-0.05, 0) is 31.2 Å². The first kappa shape index (κ1) is 17.0. The van der Waals surface area contributed by atoms with Crippen LogP contribution in [0.2, 0.25) is 0 Å². The minimum absolute atomic E-state index is 0.0431. The Balaban J connectivity index is 1.42. The van der Waals surface area contributed by atoms with Crippen molar-refractivity contribution in [1.29, 1.82) is 0 Å². The van der Waals surface area contributed by atoms with Gasteiger partial charge in [0.15, 0.2) is 0 Å². The lowest BCUT2D eigenvalue weighted by molar-refractivity contribution is -0.124. The van der Waals surface area contributed by atoms with E-state index in [-0.39, 0.29) is 29.9 Å². The Morgan fingerprint density at radius 2 is 1.92 bits per heavy atom. The third kappa shape index (κ3) is 3.33. The van der Waals surface area contributed by atoms with Crippen molar-refractivity contribution < 1.29 is 14.6 Å². The lowest BCUT2D eigenvalue weighted by Crippen LogP contribution is -2.46. The van der Waals surface area contributed by atoms with E-state index in [0.717, 1.165) is 57.6 Å². The Labute approximate surface area is 149 Å². The van der Waals surface area contributed by atoms with Gasteiger partial charge in [0.2, 0.25) is 5.91 Å². The number of rotatable bonds is 5. The van der Waals surface area contributed by atoms with Gasteiger partial charge < -0.3 is 15.2 Å². The minimum atomic E-state index is -0.340. The van der Waals surface area contributed by atoms with Gasteiger partial charge in [0.05, 0.1) is 5.41 Å². The fourth-order valence-corrected chi connectivity index (χ4v) is 4.44. The van der Waals surface area contributed by atoms with E-state index in [0.29, 0.717) is 6.04 Å². The van der Waals surface area contributed by atoms with Gasteiger partial charge in [0, 0.05) is 50.9 Å². The van der Waals surface area contributed by atoms with Crippen LogP contribution in [0.3, 0.4) is 0 Å². The van der Waals surface area contributed by atoms with Crippen molar-refractivity contribution >= 4 is 5.91 Å². The second-order valence-electron chi connectivity index (χ2n) is 7.77. The monoisotopic (exact) mass is 344 g/mol. The summed E-state index contributed by atoms with van der Waals surface area (Å²) in [5.41, 5.74) is 0.778. The summed E-state index contributed by atoms with van der Waals surface area (Å²) in [5, 5.41) is 13.1. The van der Waals surface area contributed by atoms with Gasteiger partial charge in [-0.15, -0.1) is 0 Å².